The Labute approximate surface area is 123 Å². The molecule has 1 saturated heterocycles. The third-order valence-corrected chi connectivity index (χ3v) is 4.12. The Morgan fingerprint density at radius 3 is 2.65 bits per heavy atom. The van der Waals surface area contributed by atoms with Crippen LogP contribution in [-0.2, 0) is 4.79 Å². The molecule has 2 fully saturated rings. The van der Waals surface area contributed by atoms with E-state index in [0.717, 1.165) is 32.1 Å². The van der Waals surface area contributed by atoms with Crippen LogP contribution in [0.3, 0.4) is 0 Å². The highest BCUT2D eigenvalue weighted by molar-refractivity contribution is 5.76. The molecule has 1 saturated carbocycles. The van der Waals surface area contributed by atoms with Crippen LogP contribution in [0.4, 0.5) is 0 Å². The van der Waals surface area contributed by atoms with Crippen LogP contribution < -0.4 is 10.6 Å². The van der Waals surface area contributed by atoms with Gasteiger partial charge in [-0.15, -0.1) is 0 Å². The van der Waals surface area contributed by atoms with Crippen LogP contribution in [0.5, 0.6) is 0 Å². The Morgan fingerprint density at radius 1 is 1.25 bits per heavy atom. The molecular formula is C16H31N3O. The zero-order valence-corrected chi connectivity index (χ0v) is 13.4. The Hall–Kier alpha value is -0.610. The normalized spacial score (nSPS) is 24.6. The van der Waals surface area contributed by atoms with Crippen LogP contribution in [-0.4, -0.2) is 48.6 Å². The molecule has 1 atom stereocenters. The number of piperidine rings is 1. The van der Waals surface area contributed by atoms with Gasteiger partial charge in [0.25, 0.3) is 0 Å². The summed E-state index contributed by atoms with van der Waals surface area (Å²) in [5, 5.41) is 6.68. The van der Waals surface area contributed by atoms with E-state index in [9.17, 15) is 4.79 Å². The second-order valence-corrected chi connectivity index (χ2v) is 7.53. The molecule has 1 amide bonds. The second kappa shape index (κ2) is 6.90. The predicted octanol–water partition coefficient (Wildman–Crippen LogP) is 1.76. The maximum Gasteiger partial charge on any atom is 0.221 e. The Morgan fingerprint density at radius 2 is 2.00 bits per heavy atom. The van der Waals surface area contributed by atoms with Crippen molar-refractivity contribution in [2.45, 2.75) is 64.5 Å². The summed E-state index contributed by atoms with van der Waals surface area (Å²) in [6.07, 6.45) is 5.59. The monoisotopic (exact) mass is 281 g/mol. The number of hydrogen-bond donors (Lipinski definition) is 2. The molecule has 0 aromatic rings. The average molecular weight is 281 g/mol. The highest BCUT2D eigenvalue weighted by atomic mass is 16.1. The van der Waals surface area contributed by atoms with Gasteiger partial charge in [0.2, 0.25) is 5.91 Å². The summed E-state index contributed by atoms with van der Waals surface area (Å²) < 4.78 is 0. The molecule has 1 aliphatic carbocycles. The van der Waals surface area contributed by atoms with Crippen molar-refractivity contribution in [3.63, 3.8) is 0 Å². The van der Waals surface area contributed by atoms with Gasteiger partial charge in [0.15, 0.2) is 0 Å². The molecule has 0 bridgehead atoms. The molecule has 2 N–H and O–H groups in total. The van der Waals surface area contributed by atoms with E-state index in [1.165, 1.54) is 25.7 Å². The van der Waals surface area contributed by atoms with Crippen LogP contribution >= 0.6 is 0 Å². The van der Waals surface area contributed by atoms with Gasteiger partial charge in [0.05, 0.1) is 0 Å². The molecule has 0 aromatic carbocycles. The maximum atomic E-state index is 11.7. The van der Waals surface area contributed by atoms with E-state index in [2.05, 4.69) is 36.3 Å². The summed E-state index contributed by atoms with van der Waals surface area (Å²) in [6, 6.07) is 0.493. The van der Waals surface area contributed by atoms with Gasteiger partial charge >= 0.3 is 0 Å². The lowest BCUT2D eigenvalue weighted by molar-refractivity contribution is -0.121. The second-order valence-electron chi connectivity index (χ2n) is 7.53. The highest BCUT2D eigenvalue weighted by Crippen LogP contribution is 2.19. The quantitative estimate of drug-likeness (QED) is 0.780. The number of likely N-dealkylation sites (tertiary alicyclic amines) is 1. The van der Waals surface area contributed by atoms with E-state index in [0.29, 0.717) is 12.5 Å². The van der Waals surface area contributed by atoms with E-state index < -0.39 is 0 Å². The van der Waals surface area contributed by atoms with Crippen LogP contribution in [0.2, 0.25) is 0 Å². The van der Waals surface area contributed by atoms with Gasteiger partial charge in [-0.05, 0) is 65.5 Å². The fourth-order valence-corrected chi connectivity index (χ4v) is 2.76. The number of carbonyl (C=O) groups excluding carboxylic acids is 1. The lowest BCUT2D eigenvalue weighted by atomic mass is 9.96. The van der Waals surface area contributed by atoms with Crippen LogP contribution in [0.25, 0.3) is 0 Å². The number of nitrogens with zero attached hydrogens (tertiary/aromatic N) is 1. The van der Waals surface area contributed by atoms with Gasteiger partial charge in [0, 0.05) is 31.1 Å². The highest BCUT2D eigenvalue weighted by Gasteiger charge is 2.24. The SMILES string of the molecule is CC(C)(C)NCC1CCCN(CCC(=O)NC2CC2)C1. The molecule has 0 radical (unpaired) electrons. The predicted molar refractivity (Wildman–Crippen MR) is 82.7 cm³/mol. The number of rotatable bonds is 6. The Bertz CT molecular complexity index is 320. The summed E-state index contributed by atoms with van der Waals surface area (Å²) in [7, 11) is 0. The standard InChI is InChI=1S/C16H31N3O/c1-16(2,3)17-11-13-5-4-9-19(12-13)10-8-15(20)18-14-6-7-14/h13-14,17H,4-12H2,1-3H3,(H,18,20). The van der Waals surface area contributed by atoms with Gasteiger partial charge in [-0.1, -0.05) is 0 Å². The van der Waals surface area contributed by atoms with Gasteiger partial charge in [-0.25, -0.2) is 0 Å². The van der Waals surface area contributed by atoms with Crippen molar-refractivity contribution in [2.24, 2.45) is 5.92 Å². The molecule has 1 heterocycles. The largest absolute Gasteiger partial charge is 0.353 e. The van der Waals surface area contributed by atoms with Crippen molar-refractivity contribution in [3.05, 3.63) is 0 Å². The third kappa shape index (κ3) is 6.23. The minimum absolute atomic E-state index is 0.201. The third-order valence-electron chi connectivity index (χ3n) is 4.12. The van der Waals surface area contributed by atoms with Gasteiger partial charge < -0.3 is 15.5 Å². The van der Waals surface area contributed by atoms with Crippen LogP contribution in [0, 0.1) is 5.92 Å². The van der Waals surface area contributed by atoms with E-state index in [1.54, 1.807) is 0 Å². The summed E-state index contributed by atoms with van der Waals surface area (Å²) in [5.41, 5.74) is 0.201. The molecule has 20 heavy (non-hydrogen) atoms. The molecule has 1 aliphatic heterocycles. The summed E-state index contributed by atoms with van der Waals surface area (Å²) in [5.74, 6) is 0.969. The van der Waals surface area contributed by atoms with E-state index >= 15 is 0 Å². The fourth-order valence-electron chi connectivity index (χ4n) is 2.76. The first kappa shape index (κ1) is 15.8. The lowest BCUT2D eigenvalue weighted by Crippen LogP contribution is -2.45. The van der Waals surface area contributed by atoms with Gasteiger partial charge in [-0.3, -0.25) is 4.79 Å². The van der Waals surface area contributed by atoms with E-state index in [4.69, 9.17) is 0 Å². The van der Waals surface area contributed by atoms with Crippen LogP contribution in [0.1, 0.15) is 52.9 Å². The van der Waals surface area contributed by atoms with Crippen LogP contribution in [0.15, 0.2) is 0 Å². The van der Waals surface area contributed by atoms with Gasteiger partial charge in [0.1, 0.15) is 0 Å². The summed E-state index contributed by atoms with van der Waals surface area (Å²) in [6.45, 7) is 11.0. The lowest BCUT2D eigenvalue weighted by Gasteiger charge is -2.34. The van der Waals surface area contributed by atoms with Crippen molar-refractivity contribution in [3.8, 4) is 0 Å². The van der Waals surface area contributed by atoms with Crippen molar-refractivity contribution in [1.29, 1.82) is 0 Å². The van der Waals surface area contributed by atoms with Gasteiger partial charge in [-0.2, -0.15) is 0 Å². The molecule has 4 nitrogen and oxygen atoms in total. The fraction of sp³-hybridized carbons (Fsp3) is 0.938. The van der Waals surface area contributed by atoms with E-state index in [-0.39, 0.29) is 11.4 Å². The Balaban J connectivity index is 1.63. The van der Waals surface area contributed by atoms with Crippen molar-refractivity contribution in [1.82, 2.24) is 15.5 Å². The first-order valence-corrected chi connectivity index (χ1v) is 8.19. The number of amides is 1. The number of carbonyl (C=O) groups is 1. The van der Waals surface area contributed by atoms with E-state index in [1.807, 2.05) is 0 Å². The first-order valence-electron chi connectivity index (χ1n) is 8.19. The smallest absolute Gasteiger partial charge is 0.221 e. The molecule has 116 valence electrons. The topological polar surface area (TPSA) is 44.4 Å². The molecule has 0 spiro atoms. The average Bonchev–Trinajstić information content (AvgIpc) is 3.18. The van der Waals surface area contributed by atoms with Crippen molar-refractivity contribution < 1.29 is 4.79 Å². The Kier molecular flexibility index (Phi) is 5.44. The molecular weight excluding hydrogens is 250 g/mol. The zero-order chi connectivity index (χ0) is 14.6. The van der Waals surface area contributed by atoms with Crippen molar-refractivity contribution >= 4 is 5.91 Å². The number of nitrogens with one attached hydrogen (secondary N) is 2. The maximum absolute atomic E-state index is 11.7. The summed E-state index contributed by atoms with van der Waals surface area (Å²) >= 11 is 0. The minimum Gasteiger partial charge on any atom is -0.353 e. The zero-order valence-electron chi connectivity index (χ0n) is 13.4. The molecule has 0 aromatic heterocycles. The molecule has 2 rings (SSSR count). The first-order chi connectivity index (χ1) is 9.42. The number of hydrogen-bond acceptors (Lipinski definition) is 3. The summed E-state index contributed by atoms with van der Waals surface area (Å²) in [4.78, 5) is 14.2. The molecule has 4 heteroatoms. The van der Waals surface area contributed by atoms with Crippen molar-refractivity contribution in [2.75, 3.05) is 26.2 Å². The molecule has 2 aliphatic rings. The minimum atomic E-state index is 0.201. The molecule has 1 unspecified atom stereocenters.